The van der Waals surface area contributed by atoms with E-state index in [-0.39, 0.29) is 5.91 Å². The zero-order valence-electron chi connectivity index (χ0n) is 16.8. The predicted octanol–water partition coefficient (Wildman–Crippen LogP) is 4.85. The van der Waals surface area contributed by atoms with Gasteiger partial charge in [-0.3, -0.25) is 4.79 Å². The van der Waals surface area contributed by atoms with Crippen molar-refractivity contribution in [3.63, 3.8) is 0 Å². The highest BCUT2D eigenvalue weighted by atomic mass is 16.1. The van der Waals surface area contributed by atoms with Crippen molar-refractivity contribution in [1.82, 2.24) is 9.97 Å². The Balaban J connectivity index is 1.37. The number of anilines is 2. The molecule has 0 unspecified atom stereocenters. The standard InChI is InChI=1S/C24H28N4O/c29-24(27-21-11-5-7-18-6-4-10-20(18)21)22-14-23(26-16-25-22)28(15-17-12-13-17)19-8-2-1-3-9-19/h4-5,7,10-11,14,16-17,19H,1-3,6,8-9,12-13,15H2,(H,27,29). The van der Waals surface area contributed by atoms with Crippen LogP contribution in [0.4, 0.5) is 11.5 Å². The fraction of sp³-hybridized carbons (Fsp3) is 0.458. The van der Waals surface area contributed by atoms with E-state index in [1.165, 1.54) is 50.5 Å². The minimum Gasteiger partial charge on any atom is -0.353 e. The van der Waals surface area contributed by atoms with Gasteiger partial charge in [0.1, 0.15) is 17.8 Å². The summed E-state index contributed by atoms with van der Waals surface area (Å²) in [6, 6.07) is 8.47. The molecule has 29 heavy (non-hydrogen) atoms. The number of nitrogens with zero attached hydrogens (tertiary/aromatic N) is 3. The molecule has 5 rings (SSSR count). The average molecular weight is 389 g/mol. The quantitative estimate of drug-likeness (QED) is 0.769. The number of benzene rings is 1. The molecule has 0 spiro atoms. The van der Waals surface area contributed by atoms with Crippen molar-refractivity contribution >= 4 is 23.5 Å². The van der Waals surface area contributed by atoms with Crippen LogP contribution in [0.2, 0.25) is 0 Å². The smallest absolute Gasteiger partial charge is 0.274 e. The highest BCUT2D eigenvalue weighted by Crippen LogP contribution is 2.34. The molecule has 5 nitrogen and oxygen atoms in total. The lowest BCUT2D eigenvalue weighted by atomic mass is 9.94. The summed E-state index contributed by atoms with van der Waals surface area (Å²) in [5, 5.41) is 3.06. The lowest BCUT2D eigenvalue weighted by Crippen LogP contribution is -2.39. The number of hydrogen-bond acceptors (Lipinski definition) is 4. The molecule has 3 aliphatic carbocycles. The molecule has 2 saturated carbocycles. The molecule has 1 heterocycles. The van der Waals surface area contributed by atoms with Crippen LogP contribution in [0.3, 0.4) is 0 Å². The number of hydrogen-bond donors (Lipinski definition) is 1. The fourth-order valence-corrected chi connectivity index (χ4v) is 4.62. The number of amides is 1. The number of rotatable bonds is 6. The fourth-order valence-electron chi connectivity index (χ4n) is 4.62. The van der Waals surface area contributed by atoms with Gasteiger partial charge in [0.2, 0.25) is 0 Å². The molecule has 5 heteroatoms. The molecule has 1 amide bonds. The van der Waals surface area contributed by atoms with E-state index in [1.54, 1.807) is 6.33 Å². The van der Waals surface area contributed by atoms with Crippen molar-refractivity contribution in [3.8, 4) is 0 Å². The normalized spacial score (nSPS) is 18.5. The third kappa shape index (κ3) is 4.04. The number of fused-ring (bicyclic) bond motifs is 1. The summed E-state index contributed by atoms with van der Waals surface area (Å²) in [6.07, 6.45) is 15.7. The highest BCUT2D eigenvalue weighted by Gasteiger charge is 2.30. The Kier molecular flexibility index (Phi) is 5.04. The van der Waals surface area contributed by atoms with Crippen molar-refractivity contribution in [1.29, 1.82) is 0 Å². The Bertz CT molecular complexity index is 928. The summed E-state index contributed by atoms with van der Waals surface area (Å²) in [5.74, 6) is 1.52. The number of nitrogens with one attached hydrogen (secondary N) is 1. The zero-order chi connectivity index (χ0) is 19.6. The van der Waals surface area contributed by atoms with Crippen LogP contribution < -0.4 is 10.2 Å². The molecule has 2 fully saturated rings. The Morgan fingerprint density at radius 1 is 1.10 bits per heavy atom. The summed E-state index contributed by atoms with van der Waals surface area (Å²) in [5.41, 5.74) is 3.64. The van der Waals surface area contributed by atoms with Gasteiger partial charge < -0.3 is 10.2 Å². The van der Waals surface area contributed by atoms with E-state index >= 15 is 0 Å². The Hall–Kier alpha value is -2.69. The molecular weight excluding hydrogens is 360 g/mol. The van der Waals surface area contributed by atoms with Crippen molar-refractivity contribution < 1.29 is 4.79 Å². The van der Waals surface area contributed by atoms with Crippen molar-refractivity contribution in [3.05, 3.63) is 53.5 Å². The highest BCUT2D eigenvalue weighted by molar-refractivity contribution is 6.04. The Labute approximate surface area is 172 Å². The van der Waals surface area contributed by atoms with E-state index in [0.717, 1.165) is 36.0 Å². The maximum Gasteiger partial charge on any atom is 0.274 e. The van der Waals surface area contributed by atoms with Crippen LogP contribution in [0.15, 0.2) is 36.7 Å². The summed E-state index contributed by atoms with van der Waals surface area (Å²) in [6.45, 7) is 1.06. The summed E-state index contributed by atoms with van der Waals surface area (Å²) >= 11 is 0. The van der Waals surface area contributed by atoms with Gasteiger partial charge in [0.15, 0.2) is 0 Å². The van der Waals surface area contributed by atoms with E-state index in [1.807, 2.05) is 18.2 Å². The van der Waals surface area contributed by atoms with E-state index in [9.17, 15) is 4.79 Å². The second-order valence-electron chi connectivity index (χ2n) is 8.59. The van der Waals surface area contributed by atoms with Crippen molar-refractivity contribution in [2.75, 3.05) is 16.8 Å². The molecule has 2 aromatic rings. The maximum atomic E-state index is 13.0. The molecule has 1 N–H and O–H groups in total. The molecule has 0 aliphatic heterocycles. The van der Waals surface area contributed by atoms with E-state index in [2.05, 4.69) is 38.4 Å². The average Bonchev–Trinajstić information content (AvgIpc) is 3.46. The van der Waals surface area contributed by atoms with E-state index < -0.39 is 0 Å². The van der Waals surface area contributed by atoms with Gasteiger partial charge in [-0.2, -0.15) is 0 Å². The largest absolute Gasteiger partial charge is 0.353 e. The van der Waals surface area contributed by atoms with Crippen LogP contribution in [0.1, 0.15) is 66.6 Å². The molecule has 1 aromatic heterocycles. The first-order valence-electron chi connectivity index (χ1n) is 11.0. The monoisotopic (exact) mass is 388 g/mol. The molecule has 0 bridgehead atoms. The first kappa shape index (κ1) is 18.3. The van der Waals surface area contributed by atoms with Crippen LogP contribution in [0, 0.1) is 5.92 Å². The summed E-state index contributed by atoms with van der Waals surface area (Å²) in [7, 11) is 0. The molecule has 1 aromatic carbocycles. The van der Waals surface area contributed by atoms with E-state index in [0.29, 0.717) is 11.7 Å². The van der Waals surface area contributed by atoms with Gasteiger partial charge in [-0.25, -0.2) is 9.97 Å². The van der Waals surface area contributed by atoms with Gasteiger partial charge in [0, 0.05) is 29.9 Å². The number of aromatic nitrogens is 2. The maximum absolute atomic E-state index is 13.0. The first-order chi connectivity index (χ1) is 14.3. The topological polar surface area (TPSA) is 58.1 Å². The molecular formula is C24H28N4O. The lowest BCUT2D eigenvalue weighted by Gasteiger charge is -2.35. The third-order valence-corrected chi connectivity index (χ3v) is 6.41. The van der Waals surface area contributed by atoms with Gasteiger partial charge in [-0.05, 0) is 49.7 Å². The second-order valence-corrected chi connectivity index (χ2v) is 8.59. The molecule has 0 atom stereocenters. The number of carbonyl (C=O) groups excluding carboxylic acids is 1. The predicted molar refractivity (Wildman–Crippen MR) is 116 cm³/mol. The summed E-state index contributed by atoms with van der Waals surface area (Å²) in [4.78, 5) is 24.3. The molecule has 0 saturated heterocycles. The molecule has 0 radical (unpaired) electrons. The minimum absolute atomic E-state index is 0.169. The van der Waals surface area contributed by atoms with Crippen LogP contribution in [-0.2, 0) is 6.42 Å². The van der Waals surface area contributed by atoms with Crippen LogP contribution in [0.25, 0.3) is 6.08 Å². The van der Waals surface area contributed by atoms with Gasteiger partial charge in [0.25, 0.3) is 5.91 Å². The second kappa shape index (κ2) is 7.97. The Morgan fingerprint density at radius 2 is 1.97 bits per heavy atom. The van der Waals surface area contributed by atoms with Crippen LogP contribution in [-0.4, -0.2) is 28.5 Å². The minimum atomic E-state index is -0.169. The SMILES string of the molecule is O=C(Nc1cccc2c1C=CC2)c1cc(N(CC2CC2)C2CCCCC2)ncn1. The molecule has 3 aliphatic rings. The third-order valence-electron chi connectivity index (χ3n) is 6.41. The number of allylic oxidation sites excluding steroid dienone is 1. The van der Waals surface area contributed by atoms with Crippen LogP contribution in [0.5, 0.6) is 0 Å². The van der Waals surface area contributed by atoms with Gasteiger partial charge in [0.05, 0.1) is 0 Å². The van der Waals surface area contributed by atoms with Crippen molar-refractivity contribution in [2.24, 2.45) is 5.92 Å². The van der Waals surface area contributed by atoms with Gasteiger partial charge in [-0.1, -0.05) is 43.5 Å². The van der Waals surface area contributed by atoms with Gasteiger partial charge in [-0.15, -0.1) is 0 Å². The first-order valence-corrected chi connectivity index (χ1v) is 11.0. The number of carbonyl (C=O) groups is 1. The summed E-state index contributed by atoms with van der Waals surface area (Å²) < 4.78 is 0. The van der Waals surface area contributed by atoms with Crippen molar-refractivity contribution in [2.45, 2.75) is 57.4 Å². The van der Waals surface area contributed by atoms with E-state index in [4.69, 9.17) is 0 Å². The molecule has 150 valence electrons. The van der Waals surface area contributed by atoms with Gasteiger partial charge >= 0.3 is 0 Å². The lowest BCUT2D eigenvalue weighted by molar-refractivity contribution is 0.102. The zero-order valence-corrected chi connectivity index (χ0v) is 16.8. The van der Waals surface area contributed by atoms with Crippen LogP contribution >= 0.6 is 0 Å². The Morgan fingerprint density at radius 3 is 2.79 bits per heavy atom.